The Morgan fingerprint density at radius 1 is 1.39 bits per heavy atom. The number of aryl methyl sites for hydroxylation is 1. The summed E-state index contributed by atoms with van der Waals surface area (Å²) in [6.45, 7) is 5.05. The minimum Gasteiger partial charge on any atom is -0.388 e. The second-order valence-electron chi connectivity index (χ2n) is 5.12. The number of piperidine rings is 1. The fourth-order valence-corrected chi connectivity index (χ4v) is 2.61. The van der Waals surface area contributed by atoms with Gasteiger partial charge >= 0.3 is 0 Å². The molecular formula is C15H22N2O. The Morgan fingerprint density at radius 2 is 2.17 bits per heavy atom. The molecule has 18 heavy (non-hydrogen) atoms. The van der Waals surface area contributed by atoms with Gasteiger partial charge in [0.2, 0.25) is 0 Å². The zero-order chi connectivity index (χ0) is 13.1. The highest BCUT2D eigenvalue weighted by molar-refractivity contribution is 5.96. The number of nitrogens with zero attached hydrogens (tertiary/aromatic N) is 1. The van der Waals surface area contributed by atoms with Crippen molar-refractivity contribution in [2.45, 2.75) is 39.2 Å². The average Bonchev–Trinajstić information content (AvgIpc) is 2.38. The third-order valence-electron chi connectivity index (χ3n) is 3.81. The Morgan fingerprint density at radius 3 is 2.78 bits per heavy atom. The first-order valence-corrected chi connectivity index (χ1v) is 6.73. The smallest absolute Gasteiger partial charge is 0.254 e. The second-order valence-corrected chi connectivity index (χ2v) is 5.12. The molecule has 1 N–H and O–H groups in total. The quantitative estimate of drug-likeness (QED) is 0.870. The summed E-state index contributed by atoms with van der Waals surface area (Å²) in [5.41, 5.74) is 2.93. The van der Waals surface area contributed by atoms with Crippen LogP contribution in [0.3, 0.4) is 0 Å². The summed E-state index contributed by atoms with van der Waals surface area (Å²) in [6.07, 6.45) is 3.49. The van der Waals surface area contributed by atoms with Gasteiger partial charge in [-0.15, -0.1) is 0 Å². The normalized spacial score (nSPS) is 19.7. The molecule has 1 saturated heterocycles. The highest BCUT2D eigenvalue weighted by atomic mass is 16.2. The zero-order valence-corrected chi connectivity index (χ0v) is 11.5. The Labute approximate surface area is 109 Å². The van der Waals surface area contributed by atoms with E-state index in [0.29, 0.717) is 6.04 Å². The van der Waals surface area contributed by atoms with E-state index in [-0.39, 0.29) is 5.91 Å². The third-order valence-corrected chi connectivity index (χ3v) is 3.81. The van der Waals surface area contributed by atoms with Crippen LogP contribution in [0, 0.1) is 6.92 Å². The molecule has 0 spiro atoms. The fraction of sp³-hybridized carbons (Fsp3) is 0.533. The van der Waals surface area contributed by atoms with Crippen LogP contribution >= 0.6 is 0 Å². The summed E-state index contributed by atoms with van der Waals surface area (Å²) in [4.78, 5) is 14.6. The number of hydrogen-bond donors (Lipinski definition) is 1. The van der Waals surface area contributed by atoms with Crippen LogP contribution in [0.15, 0.2) is 18.2 Å². The topological polar surface area (TPSA) is 32.3 Å². The lowest BCUT2D eigenvalue weighted by molar-refractivity contribution is 0.0635. The van der Waals surface area contributed by atoms with Crippen LogP contribution in [0.4, 0.5) is 5.69 Å². The average molecular weight is 246 g/mol. The molecule has 0 aliphatic carbocycles. The van der Waals surface area contributed by atoms with Gasteiger partial charge in [0.25, 0.3) is 5.91 Å². The van der Waals surface area contributed by atoms with Gasteiger partial charge in [-0.2, -0.15) is 0 Å². The zero-order valence-electron chi connectivity index (χ0n) is 11.5. The monoisotopic (exact) mass is 246 g/mol. The molecular weight excluding hydrogens is 224 g/mol. The van der Waals surface area contributed by atoms with E-state index < -0.39 is 0 Å². The molecule has 0 saturated carbocycles. The molecule has 1 heterocycles. The molecule has 1 unspecified atom stereocenters. The Bertz CT molecular complexity index is 442. The highest BCUT2D eigenvalue weighted by Gasteiger charge is 2.24. The van der Waals surface area contributed by atoms with Crippen molar-refractivity contribution in [1.82, 2.24) is 4.90 Å². The molecule has 98 valence electrons. The minimum absolute atomic E-state index is 0.183. The molecule has 1 atom stereocenters. The van der Waals surface area contributed by atoms with E-state index in [4.69, 9.17) is 0 Å². The summed E-state index contributed by atoms with van der Waals surface area (Å²) in [7, 11) is 1.89. The molecule has 0 bridgehead atoms. The van der Waals surface area contributed by atoms with Gasteiger partial charge in [-0.3, -0.25) is 4.79 Å². The molecule has 1 aromatic rings. The van der Waals surface area contributed by atoms with E-state index in [0.717, 1.165) is 36.2 Å². The van der Waals surface area contributed by atoms with Crippen molar-refractivity contribution >= 4 is 11.6 Å². The van der Waals surface area contributed by atoms with Crippen molar-refractivity contribution in [2.75, 3.05) is 18.9 Å². The lowest BCUT2D eigenvalue weighted by Crippen LogP contribution is -2.42. The summed E-state index contributed by atoms with van der Waals surface area (Å²) >= 11 is 0. The number of anilines is 1. The van der Waals surface area contributed by atoms with Gasteiger partial charge < -0.3 is 10.2 Å². The molecule has 1 aliphatic rings. The van der Waals surface area contributed by atoms with E-state index in [9.17, 15) is 4.79 Å². The van der Waals surface area contributed by atoms with Gasteiger partial charge in [-0.25, -0.2) is 0 Å². The number of nitrogens with one attached hydrogen (secondary N) is 1. The van der Waals surface area contributed by atoms with Crippen LogP contribution < -0.4 is 5.32 Å². The Kier molecular flexibility index (Phi) is 3.90. The van der Waals surface area contributed by atoms with Crippen molar-refractivity contribution in [1.29, 1.82) is 0 Å². The number of benzene rings is 1. The predicted molar refractivity (Wildman–Crippen MR) is 75.1 cm³/mol. The van der Waals surface area contributed by atoms with Crippen LogP contribution in [0.5, 0.6) is 0 Å². The van der Waals surface area contributed by atoms with E-state index in [1.165, 1.54) is 6.42 Å². The highest BCUT2D eigenvalue weighted by Crippen LogP contribution is 2.22. The van der Waals surface area contributed by atoms with Crippen LogP contribution in [-0.2, 0) is 0 Å². The van der Waals surface area contributed by atoms with Crippen LogP contribution in [0.1, 0.15) is 42.1 Å². The molecule has 1 aromatic carbocycles. The van der Waals surface area contributed by atoms with E-state index in [1.807, 2.05) is 37.1 Å². The van der Waals surface area contributed by atoms with Crippen molar-refractivity contribution < 1.29 is 4.79 Å². The van der Waals surface area contributed by atoms with Gasteiger partial charge in [-0.05, 0) is 56.9 Å². The summed E-state index contributed by atoms with van der Waals surface area (Å²) < 4.78 is 0. The van der Waals surface area contributed by atoms with Crippen molar-refractivity contribution in [3.05, 3.63) is 29.3 Å². The number of rotatable bonds is 2. The van der Waals surface area contributed by atoms with Gasteiger partial charge in [0, 0.05) is 30.9 Å². The molecule has 0 radical (unpaired) electrons. The summed E-state index contributed by atoms with van der Waals surface area (Å²) in [6, 6.07) is 6.30. The molecule has 1 amide bonds. The molecule has 3 nitrogen and oxygen atoms in total. The maximum absolute atomic E-state index is 12.5. The first-order chi connectivity index (χ1) is 8.63. The minimum atomic E-state index is 0.183. The largest absolute Gasteiger partial charge is 0.388 e. The molecule has 1 fully saturated rings. The maximum atomic E-state index is 12.5. The van der Waals surface area contributed by atoms with E-state index in [2.05, 4.69) is 12.2 Å². The van der Waals surface area contributed by atoms with Crippen LogP contribution in [0.25, 0.3) is 0 Å². The van der Waals surface area contributed by atoms with Gasteiger partial charge in [-0.1, -0.05) is 0 Å². The SMILES string of the molecule is CNc1ccc(C(=O)N2CCCCC2C)c(C)c1. The lowest BCUT2D eigenvalue weighted by atomic mass is 10.0. The van der Waals surface area contributed by atoms with E-state index in [1.54, 1.807) is 0 Å². The van der Waals surface area contributed by atoms with Crippen LogP contribution in [-0.4, -0.2) is 30.4 Å². The number of amides is 1. The summed E-state index contributed by atoms with van der Waals surface area (Å²) in [5, 5.41) is 3.10. The summed E-state index contributed by atoms with van der Waals surface area (Å²) in [5.74, 6) is 0.183. The Balaban J connectivity index is 2.22. The molecule has 0 aromatic heterocycles. The number of likely N-dealkylation sites (tertiary alicyclic amines) is 1. The van der Waals surface area contributed by atoms with E-state index >= 15 is 0 Å². The van der Waals surface area contributed by atoms with Crippen molar-refractivity contribution in [3.8, 4) is 0 Å². The number of carbonyl (C=O) groups is 1. The molecule has 1 aliphatic heterocycles. The van der Waals surface area contributed by atoms with Gasteiger partial charge in [0.1, 0.15) is 0 Å². The number of carbonyl (C=O) groups excluding carboxylic acids is 1. The predicted octanol–water partition coefficient (Wildman–Crippen LogP) is 3.05. The van der Waals surface area contributed by atoms with Crippen molar-refractivity contribution in [3.63, 3.8) is 0 Å². The lowest BCUT2D eigenvalue weighted by Gasteiger charge is -2.33. The van der Waals surface area contributed by atoms with Crippen molar-refractivity contribution in [2.24, 2.45) is 0 Å². The fourth-order valence-electron chi connectivity index (χ4n) is 2.61. The first kappa shape index (κ1) is 12.9. The van der Waals surface area contributed by atoms with Gasteiger partial charge in [0.05, 0.1) is 0 Å². The van der Waals surface area contributed by atoms with Gasteiger partial charge in [0.15, 0.2) is 0 Å². The Hall–Kier alpha value is -1.51. The third kappa shape index (κ3) is 2.50. The number of hydrogen-bond acceptors (Lipinski definition) is 2. The second kappa shape index (κ2) is 5.42. The standard InChI is InChI=1S/C15H22N2O/c1-11-10-13(16-3)7-8-14(11)15(18)17-9-5-4-6-12(17)2/h7-8,10,12,16H,4-6,9H2,1-3H3. The maximum Gasteiger partial charge on any atom is 0.254 e. The van der Waals surface area contributed by atoms with Crippen LogP contribution in [0.2, 0.25) is 0 Å². The first-order valence-electron chi connectivity index (χ1n) is 6.73. The molecule has 3 heteroatoms. The molecule has 2 rings (SSSR count).